The molecule has 2 aliphatic rings. The van der Waals surface area contributed by atoms with Crippen LogP contribution in [0.2, 0.25) is 0 Å². The smallest absolute Gasteiger partial charge is 0.317 e. The lowest BCUT2D eigenvalue weighted by Crippen LogP contribution is -2.47. The van der Waals surface area contributed by atoms with Crippen LogP contribution in [-0.4, -0.2) is 35.2 Å². The second kappa shape index (κ2) is 5.97. The highest BCUT2D eigenvalue weighted by atomic mass is 32.1. The zero-order chi connectivity index (χ0) is 14.9. The van der Waals surface area contributed by atoms with Crippen molar-refractivity contribution in [3.8, 4) is 0 Å². The van der Waals surface area contributed by atoms with Crippen molar-refractivity contribution in [2.45, 2.75) is 56.6 Å². The molecule has 0 aliphatic heterocycles. The minimum Gasteiger partial charge on any atom is -0.388 e. The molecule has 116 valence electrons. The average molecular weight is 308 g/mol. The molecule has 1 atom stereocenters. The molecule has 0 spiro atoms. The van der Waals surface area contributed by atoms with Crippen LogP contribution < -0.4 is 5.32 Å². The number of likely N-dealkylation sites (N-methyl/N-ethyl adjacent to an activating group) is 1. The molecule has 2 aliphatic carbocycles. The second-order valence-corrected chi connectivity index (χ2v) is 7.48. The first-order valence-electron chi connectivity index (χ1n) is 7.88. The van der Waals surface area contributed by atoms with Crippen molar-refractivity contribution in [3.05, 3.63) is 21.9 Å². The number of fused-ring (bicyclic) bond motifs is 1. The van der Waals surface area contributed by atoms with E-state index in [9.17, 15) is 9.90 Å². The number of aliphatic hydroxyl groups is 1. The highest BCUT2D eigenvalue weighted by molar-refractivity contribution is 7.10. The normalized spacial score (nSPS) is 23.6. The van der Waals surface area contributed by atoms with Crippen LogP contribution in [0.25, 0.3) is 0 Å². The SMILES string of the molecule is CN(CC1(O)CCCC1)C(=O)NC1CCCc2sccc21. The Bertz CT molecular complexity index is 508. The summed E-state index contributed by atoms with van der Waals surface area (Å²) in [6.07, 6.45) is 7.01. The van der Waals surface area contributed by atoms with Crippen molar-refractivity contribution in [3.63, 3.8) is 0 Å². The van der Waals surface area contributed by atoms with Crippen molar-refractivity contribution in [1.29, 1.82) is 0 Å². The van der Waals surface area contributed by atoms with E-state index in [0.29, 0.717) is 6.54 Å². The van der Waals surface area contributed by atoms with E-state index in [1.54, 1.807) is 23.3 Å². The fourth-order valence-electron chi connectivity index (χ4n) is 3.60. The number of urea groups is 1. The molecule has 1 saturated carbocycles. The summed E-state index contributed by atoms with van der Waals surface area (Å²) >= 11 is 1.79. The third-order valence-corrected chi connectivity index (χ3v) is 5.76. The fraction of sp³-hybridized carbons (Fsp3) is 0.688. The first-order chi connectivity index (χ1) is 10.1. The molecule has 0 aromatic carbocycles. The van der Waals surface area contributed by atoms with Gasteiger partial charge < -0.3 is 15.3 Å². The van der Waals surface area contributed by atoms with Gasteiger partial charge in [-0.2, -0.15) is 0 Å². The van der Waals surface area contributed by atoms with Crippen LogP contribution >= 0.6 is 11.3 Å². The molecule has 2 N–H and O–H groups in total. The number of nitrogens with one attached hydrogen (secondary N) is 1. The van der Waals surface area contributed by atoms with E-state index >= 15 is 0 Å². The van der Waals surface area contributed by atoms with Gasteiger partial charge in [0.1, 0.15) is 0 Å². The molecule has 1 fully saturated rings. The van der Waals surface area contributed by atoms with E-state index in [4.69, 9.17) is 0 Å². The molecule has 2 amide bonds. The first-order valence-corrected chi connectivity index (χ1v) is 8.76. The summed E-state index contributed by atoms with van der Waals surface area (Å²) in [6, 6.07) is 2.20. The Morgan fingerprint density at radius 3 is 3.00 bits per heavy atom. The van der Waals surface area contributed by atoms with Crippen LogP contribution in [0.4, 0.5) is 4.79 Å². The van der Waals surface area contributed by atoms with E-state index in [1.165, 1.54) is 10.4 Å². The molecule has 5 heteroatoms. The number of carbonyl (C=O) groups is 1. The maximum absolute atomic E-state index is 12.4. The minimum absolute atomic E-state index is 0.0700. The number of aryl methyl sites for hydroxylation is 1. The van der Waals surface area contributed by atoms with Crippen molar-refractivity contribution in [1.82, 2.24) is 10.2 Å². The zero-order valence-corrected chi connectivity index (χ0v) is 13.4. The number of hydrogen-bond acceptors (Lipinski definition) is 3. The lowest BCUT2D eigenvalue weighted by molar-refractivity contribution is 0.0244. The summed E-state index contributed by atoms with van der Waals surface area (Å²) in [4.78, 5) is 15.4. The number of rotatable bonds is 3. The Balaban J connectivity index is 1.59. The van der Waals surface area contributed by atoms with Gasteiger partial charge in [-0.25, -0.2) is 4.79 Å². The van der Waals surface area contributed by atoms with E-state index in [1.807, 2.05) is 0 Å². The molecule has 1 aromatic rings. The maximum atomic E-state index is 12.4. The molecule has 21 heavy (non-hydrogen) atoms. The van der Waals surface area contributed by atoms with Crippen molar-refractivity contribution in [2.75, 3.05) is 13.6 Å². The molecule has 0 bridgehead atoms. The van der Waals surface area contributed by atoms with Gasteiger partial charge in [0.05, 0.1) is 18.2 Å². The van der Waals surface area contributed by atoms with E-state index in [2.05, 4.69) is 16.8 Å². The van der Waals surface area contributed by atoms with Gasteiger partial charge in [0.25, 0.3) is 0 Å². The Kier molecular flexibility index (Phi) is 4.22. The zero-order valence-electron chi connectivity index (χ0n) is 12.6. The monoisotopic (exact) mass is 308 g/mol. The highest BCUT2D eigenvalue weighted by Crippen LogP contribution is 2.34. The molecule has 0 radical (unpaired) electrons. The summed E-state index contributed by atoms with van der Waals surface area (Å²) in [7, 11) is 1.78. The summed E-state index contributed by atoms with van der Waals surface area (Å²) < 4.78 is 0. The van der Waals surface area contributed by atoms with E-state index in [0.717, 1.165) is 44.9 Å². The van der Waals surface area contributed by atoms with Crippen LogP contribution in [0.3, 0.4) is 0 Å². The van der Waals surface area contributed by atoms with Crippen molar-refractivity contribution in [2.24, 2.45) is 0 Å². The summed E-state index contributed by atoms with van der Waals surface area (Å²) in [5.74, 6) is 0. The number of carbonyl (C=O) groups excluding carboxylic acids is 1. The molecule has 3 rings (SSSR count). The summed E-state index contributed by atoms with van der Waals surface area (Å²) in [5, 5.41) is 15.7. The third-order valence-electron chi connectivity index (χ3n) is 4.76. The molecular formula is C16H24N2O2S. The Morgan fingerprint density at radius 2 is 2.24 bits per heavy atom. The Hall–Kier alpha value is -1.07. The van der Waals surface area contributed by atoms with Crippen LogP contribution in [0.5, 0.6) is 0 Å². The lowest BCUT2D eigenvalue weighted by atomic mass is 9.94. The van der Waals surface area contributed by atoms with Crippen LogP contribution in [0.1, 0.15) is 55.0 Å². The summed E-state index contributed by atoms with van der Waals surface area (Å²) in [5.41, 5.74) is 0.610. The van der Waals surface area contributed by atoms with Gasteiger partial charge in [0.15, 0.2) is 0 Å². The van der Waals surface area contributed by atoms with E-state index < -0.39 is 5.60 Å². The third kappa shape index (κ3) is 3.24. The van der Waals surface area contributed by atoms with Crippen LogP contribution in [-0.2, 0) is 6.42 Å². The van der Waals surface area contributed by atoms with Gasteiger partial charge >= 0.3 is 6.03 Å². The Labute approximate surface area is 130 Å². The largest absolute Gasteiger partial charge is 0.388 e. The molecule has 1 aromatic heterocycles. The average Bonchev–Trinajstić information content (AvgIpc) is 3.08. The maximum Gasteiger partial charge on any atom is 0.317 e. The second-order valence-electron chi connectivity index (χ2n) is 6.48. The lowest BCUT2D eigenvalue weighted by Gasteiger charge is -2.31. The van der Waals surface area contributed by atoms with Crippen LogP contribution in [0, 0.1) is 0 Å². The van der Waals surface area contributed by atoms with Crippen molar-refractivity contribution >= 4 is 17.4 Å². The topological polar surface area (TPSA) is 52.6 Å². The molecular weight excluding hydrogens is 284 g/mol. The fourth-order valence-corrected chi connectivity index (χ4v) is 4.59. The standard InChI is InChI=1S/C16H24N2O2S/c1-18(11-16(20)8-2-3-9-16)15(19)17-13-5-4-6-14-12(13)7-10-21-14/h7,10,13,20H,2-6,8-9,11H2,1H3,(H,17,19). The van der Waals surface area contributed by atoms with Gasteiger partial charge in [-0.3, -0.25) is 0 Å². The molecule has 0 saturated heterocycles. The predicted octanol–water partition coefficient (Wildman–Crippen LogP) is 3.07. The quantitative estimate of drug-likeness (QED) is 0.901. The van der Waals surface area contributed by atoms with Gasteiger partial charge in [-0.15, -0.1) is 11.3 Å². The van der Waals surface area contributed by atoms with Gasteiger partial charge in [-0.05, 0) is 49.1 Å². The van der Waals surface area contributed by atoms with Gasteiger partial charge in [-0.1, -0.05) is 12.8 Å². The minimum atomic E-state index is -0.674. The Morgan fingerprint density at radius 1 is 1.48 bits per heavy atom. The van der Waals surface area contributed by atoms with Gasteiger partial charge in [0, 0.05) is 11.9 Å². The number of hydrogen-bond donors (Lipinski definition) is 2. The number of thiophene rings is 1. The number of amides is 2. The molecule has 4 nitrogen and oxygen atoms in total. The molecule has 1 heterocycles. The van der Waals surface area contributed by atoms with Gasteiger partial charge in [0.2, 0.25) is 0 Å². The highest BCUT2D eigenvalue weighted by Gasteiger charge is 2.34. The first kappa shape index (κ1) is 14.9. The van der Waals surface area contributed by atoms with E-state index in [-0.39, 0.29) is 12.1 Å². The van der Waals surface area contributed by atoms with Crippen LogP contribution in [0.15, 0.2) is 11.4 Å². The predicted molar refractivity (Wildman–Crippen MR) is 84.6 cm³/mol. The van der Waals surface area contributed by atoms with Crippen molar-refractivity contribution < 1.29 is 9.90 Å². The number of nitrogens with zero attached hydrogens (tertiary/aromatic N) is 1. The summed E-state index contributed by atoms with van der Waals surface area (Å²) in [6.45, 7) is 0.433. The molecule has 1 unspecified atom stereocenters.